The zero-order chi connectivity index (χ0) is 12.3. The second-order valence-electron chi connectivity index (χ2n) is 3.74. The van der Waals surface area contributed by atoms with E-state index < -0.39 is 5.97 Å². The van der Waals surface area contributed by atoms with Crippen molar-refractivity contribution in [2.45, 2.75) is 11.1 Å². The maximum atomic E-state index is 10.6. The van der Waals surface area contributed by atoms with E-state index in [1.165, 1.54) is 16.9 Å². The van der Waals surface area contributed by atoms with Crippen molar-refractivity contribution in [3.63, 3.8) is 0 Å². The van der Waals surface area contributed by atoms with Gasteiger partial charge < -0.3 is 0 Å². The van der Waals surface area contributed by atoms with Crippen molar-refractivity contribution in [3.05, 3.63) is 42.4 Å². The van der Waals surface area contributed by atoms with Crippen molar-refractivity contribution in [2.75, 3.05) is 0 Å². The fourth-order valence-electron chi connectivity index (χ4n) is 1.57. The topological polar surface area (TPSA) is 66.0 Å². The number of nitrogens with one attached hydrogen (secondary N) is 1. The molecule has 0 saturated heterocycles. The molecule has 0 fully saturated rings. The molecule has 0 aliphatic heterocycles. The SMILES string of the molecule is O=C(O)C[C@H]([AsH2])c1nc(-c2ccccc2)c[nH]1. The second-order valence-corrected chi connectivity index (χ2v) is 5.43. The Morgan fingerprint density at radius 2 is 2.12 bits per heavy atom. The Morgan fingerprint density at radius 3 is 2.76 bits per heavy atom. The zero-order valence-corrected chi connectivity index (χ0v) is 11.6. The van der Waals surface area contributed by atoms with Crippen LogP contribution in [0.25, 0.3) is 11.3 Å². The van der Waals surface area contributed by atoms with Crippen molar-refractivity contribution < 1.29 is 9.90 Å². The summed E-state index contributed by atoms with van der Waals surface area (Å²) >= 11 is 1.37. The molecule has 17 heavy (non-hydrogen) atoms. The zero-order valence-electron chi connectivity index (χ0n) is 9.13. The quantitative estimate of drug-likeness (QED) is 0.833. The fourth-order valence-corrected chi connectivity index (χ4v) is 2.35. The molecule has 0 bridgehead atoms. The fraction of sp³-hybridized carbons (Fsp3) is 0.167. The van der Waals surface area contributed by atoms with E-state index in [1.807, 2.05) is 36.5 Å². The van der Waals surface area contributed by atoms with Crippen molar-refractivity contribution >= 4 is 22.8 Å². The Balaban J connectivity index is 2.19. The van der Waals surface area contributed by atoms with Crippen LogP contribution in [0.4, 0.5) is 0 Å². The Labute approximate surface area is 108 Å². The van der Waals surface area contributed by atoms with E-state index in [1.54, 1.807) is 0 Å². The van der Waals surface area contributed by atoms with Crippen LogP contribution in [0.2, 0.25) is 0 Å². The molecule has 0 aliphatic carbocycles. The van der Waals surface area contributed by atoms with Gasteiger partial charge in [-0.2, -0.15) is 0 Å². The average molecular weight is 292 g/mol. The summed E-state index contributed by atoms with van der Waals surface area (Å²) in [5.74, 6) is -0.0525. The number of H-pyrrole nitrogens is 1. The van der Waals surface area contributed by atoms with Gasteiger partial charge in [0.1, 0.15) is 0 Å². The van der Waals surface area contributed by atoms with Crippen LogP contribution in [0.1, 0.15) is 17.0 Å². The van der Waals surface area contributed by atoms with Crippen LogP contribution in [-0.4, -0.2) is 37.9 Å². The van der Waals surface area contributed by atoms with Crippen molar-refractivity contribution in [3.8, 4) is 11.3 Å². The van der Waals surface area contributed by atoms with Gasteiger partial charge in [0.05, 0.1) is 0 Å². The molecule has 2 N–H and O–H groups in total. The first-order chi connectivity index (χ1) is 8.16. The molecule has 0 aliphatic rings. The third-order valence-electron chi connectivity index (χ3n) is 2.41. The van der Waals surface area contributed by atoms with Gasteiger partial charge >= 0.3 is 107 Å². The van der Waals surface area contributed by atoms with E-state index in [0.717, 1.165) is 17.1 Å². The van der Waals surface area contributed by atoms with Gasteiger partial charge in [-0.25, -0.2) is 0 Å². The van der Waals surface area contributed by atoms with Crippen LogP contribution in [0.15, 0.2) is 36.5 Å². The standard InChI is InChI=1S/C12H13AsN2O2/c13-9(6-11(16)17)12-14-7-10(15-12)8-4-2-1-3-5-8/h1-5,7,9H,6,13H2,(H,14,15)(H,16,17)/t9-/m0/s1. The van der Waals surface area contributed by atoms with Gasteiger partial charge in [-0.05, 0) is 0 Å². The number of aliphatic carboxylic acids is 1. The van der Waals surface area contributed by atoms with Crippen molar-refractivity contribution in [1.82, 2.24) is 9.97 Å². The molecular formula is C12H13AsN2O2. The normalized spacial score (nSPS) is 12.3. The first-order valence-electron chi connectivity index (χ1n) is 5.25. The van der Waals surface area contributed by atoms with E-state index >= 15 is 0 Å². The molecule has 5 heteroatoms. The predicted molar refractivity (Wildman–Crippen MR) is 67.6 cm³/mol. The van der Waals surface area contributed by atoms with Crippen LogP contribution >= 0.6 is 0 Å². The van der Waals surface area contributed by atoms with Crippen LogP contribution in [0.5, 0.6) is 0 Å². The molecule has 0 amide bonds. The number of rotatable bonds is 4. The average Bonchev–Trinajstić information content (AvgIpc) is 2.78. The summed E-state index contributed by atoms with van der Waals surface area (Å²) in [4.78, 5) is 18.1. The van der Waals surface area contributed by atoms with E-state index in [0.29, 0.717) is 0 Å². The van der Waals surface area contributed by atoms with Gasteiger partial charge in [0.25, 0.3) is 0 Å². The van der Waals surface area contributed by atoms with Gasteiger partial charge in [0.2, 0.25) is 0 Å². The molecule has 4 nitrogen and oxygen atoms in total. The van der Waals surface area contributed by atoms with E-state index in [9.17, 15) is 4.79 Å². The summed E-state index contributed by atoms with van der Waals surface area (Å²) in [5, 5.41) is 8.74. The van der Waals surface area contributed by atoms with Crippen LogP contribution in [-0.2, 0) is 4.79 Å². The van der Waals surface area contributed by atoms with Crippen LogP contribution in [0.3, 0.4) is 0 Å². The molecule has 88 valence electrons. The minimum atomic E-state index is -0.794. The number of carboxylic acids is 1. The minimum absolute atomic E-state index is 0.0440. The molecule has 0 radical (unpaired) electrons. The Morgan fingerprint density at radius 1 is 1.41 bits per heavy atom. The van der Waals surface area contributed by atoms with Crippen LogP contribution < -0.4 is 0 Å². The molecular weight excluding hydrogens is 279 g/mol. The number of carboxylic acid groups (broad SMARTS) is 1. The monoisotopic (exact) mass is 292 g/mol. The second kappa shape index (κ2) is 5.19. The van der Waals surface area contributed by atoms with Gasteiger partial charge in [0.15, 0.2) is 0 Å². The summed E-state index contributed by atoms with van der Waals surface area (Å²) in [6.07, 6.45) is 1.93. The Bertz CT molecular complexity index is 510. The number of nitrogens with zero attached hydrogens (tertiary/aromatic N) is 1. The van der Waals surface area contributed by atoms with E-state index in [4.69, 9.17) is 5.11 Å². The van der Waals surface area contributed by atoms with Crippen LogP contribution in [0, 0.1) is 0 Å². The molecule has 2 rings (SSSR count). The van der Waals surface area contributed by atoms with Gasteiger partial charge in [-0.15, -0.1) is 0 Å². The third-order valence-corrected chi connectivity index (χ3v) is 3.57. The molecule has 0 spiro atoms. The predicted octanol–water partition coefficient (Wildman–Crippen LogP) is 1.23. The molecule has 2 atom stereocenters. The Kier molecular flexibility index (Phi) is 3.64. The number of hydrogen-bond donors (Lipinski definition) is 2. The molecule has 0 saturated carbocycles. The van der Waals surface area contributed by atoms with Gasteiger partial charge in [-0.1, -0.05) is 0 Å². The number of aromatic nitrogens is 2. The summed E-state index contributed by atoms with van der Waals surface area (Å²) in [7, 11) is 0. The Hall–Kier alpha value is -1.54. The first-order valence-corrected chi connectivity index (χ1v) is 6.65. The molecule has 2 aromatic rings. The number of imidazole rings is 1. The summed E-state index contributed by atoms with van der Waals surface area (Å²) < 4.78 is -0.0440. The van der Waals surface area contributed by atoms with E-state index in [-0.39, 0.29) is 11.1 Å². The molecule has 1 unspecified atom stereocenters. The van der Waals surface area contributed by atoms with Gasteiger partial charge in [-0.3, -0.25) is 0 Å². The number of aromatic amines is 1. The van der Waals surface area contributed by atoms with Crippen molar-refractivity contribution in [2.24, 2.45) is 0 Å². The third kappa shape index (κ3) is 2.98. The number of carbonyl (C=O) groups is 1. The van der Waals surface area contributed by atoms with E-state index in [2.05, 4.69) is 9.97 Å². The first kappa shape index (κ1) is 11.9. The molecule has 1 heterocycles. The number of benzene rings is 1. The van der Waals surface area contributed by atoms with Gasteiger partial charge in [0, 0.05) is 0 Å². The van der Waals surface area contributed by atoms with Crippen molar-refractivity contribution in [1.29, 1.82) is 0 Å². The summed E-state index contributed by atoms with van der Waals surface area (Å²) in [6.45, 7) is 0. The molecule has 1 aromatic heterocycles. The number of hydrogen-bond acceptors (Lipinski definition) is 2. The molecule has 1 aromatic carbocycles. The summed E-state index contributed by atoms with van der Waals surface area (Å²) in [6, 6.07) is 9.82. The maximum absolute atomic E-state index is 10.6. The summed E-state index contributed by atoms with van der Waals surface area (Å²) in [5.41, 5.74) is 1.89.